The molecule has 0 bridgehead atoms. The molecule has 0 radical (unpaired) electrons. The normalized spacial score (nSPS) is 17.4. The third-order valence-corrected chi connectivity index (χ3v) is 5.19. The van der Waals surface area contributed by atoms with Crippen molar-refractivity contribution in [2.24, 2.45) is 5.73 Å². The van der Waals surface area contributed by atoms with E-state index in [0.29, 0.717) is 6.54 Å². The molecule has 100 valence electrons. The Morgan fingerprint density at radius 1 is 1.44 bits per heavy atom. The van der Waals surface area contributed by atoms with Gasteiger partial charge in [-0.2, -0.15) is 0 Å². The van der Waals surface area contributed by atoms with E-state index in [1.165, 1.54) is 4.31 Å². The van der Waals surface area contributed by atoms with Crippen molar-refractivity contribution in [3.8, 4) is 0 Å². The van der Waals surface area contributed by atoms with Gasteiger partial charge in [0.1, 0.15) is 0 Å². The first-order chi connectivity index (χ1) is 8.45. The second-order valence-corrected chi connectivity index (χ2v) is 6.94. The summed E-state index contributed by atoms with van der Waals surface area (Å²) >= 11 is 0. The topological polar surface area (TPSA) is 63.4 Å². The van der Waals surface area contributed by atoms with Gasteiger partial charge in [0.2, 0.25) is 10.0 Å². The summed E-state index contributed by atoms with van der Waals surface area (Å²) in [4.78, 5) is 0. The Kier molecular flexibility index (Phi) is 3.64. The lowest BCUT2D eigenvalue weighted by Gasteiger charge is -2.30. The Hall–Kier alpha value is -1.07. The maximum absolute atomic E-state index is 12.0. The quantitative estimate of drug-likeness (QED) is 0.909. The summed E-state index contributed by atoms with van der Waals surface area (Å²) in [6, 6.07) is 5.83. The van der Waals surface area contributed by atoms with E-state index < -0.39 is 10.0 Å². The number of hydrogen-bond acceptors (Lipinski definition) is 3. The number of rotatable bonds is 3. The zero-order valence-corrected chi connectivity index (χ0v) is 11.7. The van der Waals surface area contributed by atoms with Crippen LogP contribution < -0.4 is 10.0 Å². The first-order valence-corrected chi connectivity index (χ1v) is 7.95. The van der Waals surface area contributed by atoms with Gasteiger partial charge in [-0.1, -0.05) is 12.1 Å². The zero-order chi connectivity index (χ0) is 13.3. The molecule has 0 saturated carbocycles. The van der Waals surface area contributed by atoms with Gasteiger partial charge in [-0.25, -0.2) is 8.42 Å². The maximum atomic E-state index is 12.0. The summed E-state index contributed by atoms with van der Waals surface area (Å²) in [5, 5.41) is 0. The van der Waals surface area contributed by atoms with Crippen LogP contribution in [0.3, 0.4) is 0 Å². The van der Waals surface area contributed by atoms with E-state index in [1.54, 1.807) is 6.92 Å². The van der Waals surface area contributed by atoms with E-state index in [9.17, 15) is 8.42 Å². The number of sulfonamides is 1. The van der Waals surface area contributed by atoms with Crippen LogP contribution in [-0.2, 0) is 16.4 Å². The summed E-state index contributed by atoms with van der Waals surface area (Å²) in [5.74, 6) is 0.140. The van der Waals surface area contributed by atoms with Gasteiger partial charge in [-0.3, -0.25) is 4.31 Å². The maximum Gasteiger partial charge on any atom is 0.234 e. The lowest BCUT2D eigenvalue weighted by molar-refractivity contribution is 0.587. The molecule has 1 atom stereocenters. The number of nitrogens with two attached hydrogens (primary N) is 1. The van der Waals surface area contributed by atoms with Crippen molar-refractivity contribution in [1.29, 1.82) is 0 Å². The Morgan fingerprint density at radius 3 is 2.78 bits per heavy atom. The highest BCUT2D eigenvalue weighted by Gasteiger charge is 2.26. The molecule has 4 nitrogen and oxygen atoms in total. The van der Waals surface area contributed by atoms with Gasteiger partial charge in [0.05, 0.1) is 11.4 Å². The van der Waals surface area contributed by atoms with Gasteiger partial charge in [-0.05, 0) is 43.9 Å². The SMILES string of the molecule is CCS(=O)(=O)N1CCCc2cc(C(C)N)ccc21. The van der Waals surface area contributed by atoms with E-state index in [2.05, 4.69) is 0 Å². The van der Waals surface area contributed by atoms with Crippen LogP contribution in [0.4, 0.5) is 5.69 Å². The molecule has 1 aliphatic heterocycles. The van der Waals surface area contributed by atoms with E-state index in [0.717, 1.165) is 29.7 Å². The van der Waals surface area contributed by atoms with E-state index >= 15 is 0 Å². The Morgan fingerprint density at radius 2 is 2.17 bits per heavy atom. The van der Waals surface area contributed by atoms with Crippen LogP contribution in [0.2, 0.25) is 0 Å². The van der Waals surface area contributed by atoms with Crippen molar-refractivity contribution in [1.82, 2.24) is 0 Å². The standard InChI is InChI=1S/C13H20N2O2S/c1-3-18(16,17)15-8-4-5-12-9-11(10(2)14)6-7-13(12)15/h6-7,9-10H,3-5,8,14H2,1-2H3. The fourth-order valence-corrected chi connectivity index (χ4v) is 3.51. The van der Waals surface area contributed by atoms with Crippen LogP contribution in [-0.4, -0.2) is 20.7 Å². The van der Waals surface area contributed by atoms with Gasteiger partial charge in [-0.15, -0.1) is 0 Å². The molecule has 1 aromatic carbocycles. The number of hydrogen-bond donors (Lipinski definition) is 1. The summed E-state index contributed by atoms with van der Waals surface area (Å²) in [6.07, 6.45) is 1.79. The van der Waals surface area contributed by atoms with Crippen molar-refractivity contribution in [3.63, 3.8) is 0 Å². The summed E-state index contributed by atoms with van der Waals surface area (Å²) in [7, 11) is -3.17. The van der Waals surface area contributed by atoms with E-state index in [1.807, 2.05) is 25.1 Å². The minimum Gasteiger partial charge on any atom is -0.324 e. The lowest BCUT2D eigenvalue weighted by atomic mass is 9.98. The molecule has 1 heterocycles. The summed E-state index contributed by atoms with van der Waals surface area (Å²) in [6.45, 7) is 4.20. The average Bonchev–Trinajstić information content (AvgIpc) is 2.37. The fourth-order valence-electron chi connectivity index (χ4n) is 2.31. The molecule has 0 aromatic heterocycles. The highest BCUT2D eigenvalue weighted by atomic mass is 32.2. The van der Waals surface area contributed by atoms with Crippen molar-refractivity contribution in [3.05, 3.63) is 29.3 Å². The lowest BCUT2D eigenvalue weighted by Crippen LogP contribution is -2.36. The van der Waals surface area contributed by atoms with Gasteiger partial charge in [0.15, 0.2) is 0 Å². The molecule has 0 fully saturated rings. The first kappa shape index (κ1) is 13.4. The second-order valence-electron chi connectivity index (χ2n) is 4.75. The van der Waals surface area contributed by atoms with Gasteiger partial charge in [0.25, 0.3) is 0 Å². The molecule has 1 aromatic rings. The zero-order valence-electron chi connectivity index (χ0n) is 10.9. The summed E-state index contributed by atoms with van der Waals surface area (Å²) < 4.78 is 25.6. The van der Waals surface area contributed by atoms with Gasteiger partial charge >= 0.3 is 0 Å². The molecule has 0 amide bonds. The molecule has 0 aliphatic carbocycles. The Balaban J connectivity index is 2.45. The first-order valence-electron chi connectivity index (χ1n) is 6.34. The molecule has 1 aliphatic rings. The molecule has 0 spiro atoms. The van der Waals surface area contributed by atoms with Crippen LogP contribution in [0.15, 0.2) is 18.2 Å². The summed E-state index contributed by atoms with van der Waals surface area (Å²) in [5.41, 5.74) is 8.84. The highest BCUT2D eigenvalue weighted by molar-refractivity contribution is 7.92. The molecular weight excluding hydrogens is 248 g/mol. The Labute approximate surface area is 109 Å². The predicted molar refractivity (Wildman–Crippen MR) is 74.2 cm³/mol. The minimum absolute atomic E-state index is 0.0199. The molecule has 2 rings (SSSR count). The predicted octanol–water partition coefficient (Wildman–Crippen LogP) is 1.81. The molecule has 1 unspecified atom stereocenters. The number of aryl methyl sites for hydroxylation is 1. The number of anilines is 1. The molecule has 18 heavy (non-hydrogen) atoms. The number of nitrogens with zero attached hydrogens (tertiary/aromatic N) is 1. The highest BCUT2D eigenvalue weighted by Crippen LogP contribution is 2.31. The number of benzene rings is 1. The van der Waals surface area contributed by atoms with Crippen LogP contribution in [0.25, 0.3) is 0 Å². The second kappa shape index (κ2) is 4.90. The van der Waals surface area contributed by atoms with Gasteiger partial charge < -0.3 is 5.73 Å². The van der Waals surface area contributed by atoms with Crippen molar-refractivity contribution < 1.29 is 8.42 Å². The van der Waals surface area contributed by atoms with Crippen LogP contribution in [0.5, 0.6) is 0 Å². The largest absolute Gasteiger partial charge is 0.324 e. The van der Waals surface area contributed by atoms with Crippen molar-refractivity contribution in [2.45, 2.75) is 32.7 Å². The Bertz CT molecular complexity index is 538. The third kappa shape index (κ3) is 2.37. The van der Waals surface area contributed by atoms with Crippen molar-refractivity contribution in [2.75, 3.05) is 16.6 Å². The minimum atomic E-state index is -3.17. The van der Waals surface area contributed by atoms with Crippen LogP contribution >= 0.6 is 0 Å². The molecule has 0 saturated heterocycles. The molecular formula is C13H20N2O2S. The molecule has 5 heteroatoms. The fraction of sp³-hybridized carbons (Fsp3) is 0.538. The van der Waals surface area contributed by atoms with Crippen molar-refractivity contribution >= 4 is 15.7 Å². The van der Waals surface area contributed by atoms with Crippen LogP contribution in [0.1, 0.15) is 37.4 Å². The number of fused-ring (bicyclic) bond motifs is 1. The monoisotopic (exact) mass is 268 g/mol. The van der Waals surface area contributed by atoms with E-state index in [-0.39, 0.29) is 11.8 Å². The van der Waals surface area contributed by atoms with Gasteiger partial charge in [0, 0.05) is 12.6 Å². The third-order valence-electron chi connectivity index (χ3n) is 3.41. The molecule has 2 N–H and O–H groups in total. The smallest absolute Gasteiger partial charge is 0.234 e. The van der Waals surface area contributed by atoms with E-state index in [4.69, 9.17) is 5.73 Å². The average molecular weight is 268 g/mol. The van der Waals surface area contributed by atoms with Crippen LogP contribution in [0, 0.1) is 0 Å².